The van der Waals surface area contributed by atoms with E-state index in [1.54, 1.807) is 53.7 Å². The number of aromatic nitrogens is 1. The van der Waals surface area contributed by atoms with Crippen LogP contribution in [-0.4, -0.2) is 23.3 Å². The largest absolute Gasteiger partial charge is 0.324 e. The van der Waals surface area contributed by atoms with E-state index in [9.17, 15) is 9.59 Å². The number of nitrogens with one attached hydrogen (secondary N) is 1. The van der Waals surface area contributed by atoms with E-state index < -0.39 is 0 Å². The molecule has 5 nitrogen and oxygen atoms in total. The number of hydrogen-bond acceptors (Lipinski definition) is 3. The third-order valence-electron chi connectivity index (χ3n) is 3.56. The second kappa shape index (κ2) is 6.15. The topological polar surface area (TPSA) is 62.3 Å². The highest BCUT2D eigenvalue weighted by Crippen LogP contribution is 2.27. The van der Waals surface area contributed by atoms with Gasteiger partial charge in [0.05, 0.1) is 17.8 Å². The maximum absolute atomic E-state index is 12.3. The molecule has 1 aliphatic heterocycles. The summed E-state index contributed by atoms with van der Waals surface area (Å²) in [6.07, 6.45) is 3.41. The number of rotatable bonds is 3. The van der Waals surface area contributed by atoms with Gasteiger partial charge in [-0.15, -0.1) is 0 Å². The fourth-order valence-corrected chi connectivity index (χ4v) is 2.56. The van der Waals surface area contributed by atoms with Gasteiger partial charge in [0.15, 0.2) is 0 Å². The van der Waals surface area contributed by atoms with Crippen LogP contribution in [0.3, 0.4) is 0 Å². The van der Waals surface area contributed by atoms with Crippen LogP contribution in [0.2, 0.25) is 5.02 Å². The van der Waals surface area contributed by atoms with Crippen LogP contribution in [0.25, 0.3) is 0 Å². The molecule has 0 aliphatic carbocycles. The van der Waals surface area contributed by atoms with E-state index in [4.69, 9.17) is 11.6 Å². The van der Waals surface area contributed by atoms with Crippen LogP contribution < -0.4 is 10.2 Å². The van der Waals surface area contributed by atoms with Gasteiger partial charge in [-0.2, -0.15) is 0 Å². The van der Waals surface area contributed by atoms with Gasteiger partial charge < -0.3 is 10.2 Å². The minimum absolute atomic E-state index is 0.0614. The predicted octanol–water partition coefficient (Wildman–Crippen LogP) is 2.73. The highest BCUT2D eigenvalue weighted by Gasteiger charge is 2.35. The van der Waals surface area contributed by atoms with E-state index in [0.717, 1.165) is 5.69 Å². The summed E-state index contributed by atoms with van der Waals surface area (Å²) < 4.78 is 0. The van der Waals surface area contributed by atoms with Crippen molar-refractivity contribution in [1.29, 1.82) is 0 Å². The van der Waals surface area contributed by atoms with Crippen molar-refractivity contribution in [3.05, 3.63) is 53.8 Å². The first-order valence-electron chi connectivity index (χ1n) is 6.90. The Morgan fingerprint density at radius 2 is 2.05 bits per heavy atom. The van der Waals surface area contributed by atoms with Gasteiger partial charge >= 0.3 is 0 Å². The highest BCUT2D eigenvalue weighted by molar-refractivity contribution is 6.30. The fraction of sp³-hybridized carbons (Fsp3) is 0.188. The second-order valence-corrected chi connectivity index (χ2v) is 5.55. The average Bonchev–Trinajstić information content (AvgIpc) is 2.91. The number of carbonyl (C=O) groups excluding carboxylic acids is 2. The normalized spacial score (nSPS) is 17.6. The molecule has 2 heterocycles. The standard InChI is InChI=1S/C16H14ClN3O2/c17-12-3-5-14(6-4-12)20-10-11(8-15(20)21)16(22)19-13-2-1-7-18-9-13/h1-7,9,11H,8,10H2,(H,19,22)/t11-/m0/s1. The molecule has 1 atom stereocenters. The first-order valence-corrected chi connectivity index (χ1v) is 7.28. The Kier molecular flexibility index (Phi) is 4.06. The van der Waals surface area contributed by atoms with E-state index in [2.05, 4.69) is 10.3 Å². The van der Waals surface area contributed by atoms with Crippen molar-refractivity contribution in [2.24, 2.45) is 5.92 Å². The van der Waals surface area contributed by atoms with Gasteiger partial charge in [0.1, 0.15) is 0 Å². The van der Waals surface area contributed by atoms with Gasteiger partial charge in [-0.05, 0) is 36.4 Å². The summed E-state index contributed by atoms with van der Waals surface area (Å²) in [6.45, 7) is 0.368. The van der Waals surface area contributed by atoms with Crippen LogP contribution >= 0.6 is 11.6 Å². The Morgan fingerprint density at radius 3 is 2.73 bits per heavy atom. The summed E-state index contributed by atoms with van der Waals surface area (Å²) in [6, 6.07) is 10.5. The molecule has 0 spiro atoms. The van der Waals surface area contributed by atoms with E-state index >= 15 is 0 Å². The number of anilines is 2. The lowest BCUT2D eigenvalue weighted by atomic mass is 10.1. The lowest BCUT2D eigenvalue weighted by molar-refractivity contribution is -0.122. The summed E-state index contributed by atoms with van der Waals surface area (Å²) in [5, 5.41) is 3.40. The molecular weight excluding hydrogens is 302 g/mol. The Labute approximate surface area is 132 Å². The Hall–Kier alpha value is -2.40. The Bertz CT molecular complexity index is 688. The number of benzene rings is 1. The fourth-order valence-electron chi connectivity index (χ4n) is 2.43. The van der Waals surface area contributed by atoms with Gasteiger partial charge in [0.25, 0.3) is 0 Å². The maximum atomic E-state index is 12.3. The van der Waals surface area contributed by atoms with E-state index in [-0.39, 0.29) is 24.2 Å². The highest BCUT2D eigenvalue weighted by atomic mass is 35.5. The molecule has 6 heteroatoms. The SMILES string of the molecule is O=C(Nc1cccnc1)[C@H]1CC(=O)N(c2ccc(Cl)cc2)C1. The molecule has 0 unspecified atom stereocenters. The number of hydrogen-bond donors (Lipinski definition) is 1. The summed E-state index contributed by atoms with van der Waals surface area (Å²) in [5.41, 5.74) is 1.39. The molecule has 2 aromatic rings. The lowest BCUT2D eigenvalue weighted by Gasteiger charge is -2.16. The number of nitrogens with zero attached hydrogens (tertiary/aromatic N) is 2. The molecule has 22 heavy (non-hydrogen) atoms. The lowest BCUT2D eigenvalue weighted by Crippen LogP contribution is -2.28. The third-order valence-corrected chi connectivity index (χ3v) is 3.82. The van der Waals surface area contributed by atoms with Crippen LogP contribution in [0.1, 0.15) is 6.42 Å². The van der Waals surface area contributed by atoms with Gasteiger partial charge in [0.2, 0.25) is 11.8 Å². The van der Waals surface area contributed by atoms with Crippen molar-refractivity contribution < 1.29 is 9.59 Å². The molecule has 3 rings (SSSR count). The second-order valence-electron chi connectivity index (χ2n) is 5.11. The molecule has 2 amide bonds. The number of amides is 2. The summed E-state index contributed by atoms with van der Waals surface area (Å²) in [7, 11) is 0. The molecule has 1 saturated heterocycles. The van der Waals surface area contributed by atoms with Gasteiger partial charge in [-0.3, -0.25) is 14.6 Å². The monoisotopic (exact) mass is 315 g/mol. The van der Waals surface area contributed by atoms with Crippen LogP contribution in [0.4, 0.5) is 11.4 Å². The van der Waals surface area contributed by atoms with Crippen molar-refractivity contribution in [1.82, 2.24) is 4.98 Å². The van der Waals surface area contributed by atoms with Gasteiger partial charge in [-0.25, -0.2) is 0 Å². The number of halogens is 1. The van der Waals surface area contributed by atoms with E-state index in [1.165, 1.54) is 0 Å². The summed E-state index contributed by atoms with van der Waals surface area (Å²) in [4.78, 5) is 29.9. The molecule has 0 radical (unpaired) electrons. The molecule has 1 aliphatic rings. The molecule has 1 aromatic carbocycles. The molecule has 1 N–H and O–H groups in total. The number of carbonyl (C=O) groups is 2. The Balaban J connectivity index is 1.69. The third kappa shape index (κ3) is 3.09. The molecule has 112 valence electrons. The zero-order valence-corrected chi connectivity index (χ0v) is 12.5. The maximum Gasteiger partial charge on any atom is 0.229 e. The van der Waals surface area contributed by atoms with Crippen molar-refractivity contribution in [2.75, 3.05) is 16.8 Å². The Morgan fingerprint density at radius 1 is 1.27 bits per heavy atom. The van der Waals surface area contributed by atoms with E-state index in [0.29, 0.717) is 17.3 Å². The zero-order chi connectivity index (χ0) is 15.5. The predicted molar refractivity (Wildman–Crippen MR) is 84.8 cm³/mol. The number of pyridine rings is 1. The minimum atomic E-state index is -0.372. The minimum Gasteiger partial charge on any atom is -0.324 e. The smallest absolute Gasteiger partial charge is 0.229 e. The van der Waals surface area contributed by atoms with E-state index in [1.807, 2.05) is 0 Å². The van der Waals surface area contributed by atoms with Gasteiger partial charge in [0, 0.05) is 29.9 Å². The molecule has 0 bridgehead atoms. The molecule has 1 aromatic heterocycles. The van der Waals surface area contributed by atoms with Crippen molar-refractivity contribution in [3.8, 4) is 0 Å². The van der Waals surface area contributed by atoms with Crippen LogP contribution in [0, 0.1) is 5.92 Å². The van der Waals surface area contributed by atoms with Crippen molar-refractivity contribution >= 4 is 34.8 Å². The molecule has 0 saturated carbocycles. The quantitative estimate of drug-likeness (QED) is 0.947. The van der Waals surface area contributed by atoms with Crippen LogP contribution in [-0.2, 0) is 9.59 Å². The van der Waals surface area contributed by atoms with Crippen LogP contribution in [0.5, 0.6) is 0 Å². The molecule has 1 fully saturated rings. The van der Waals surface area contributed by atoms with Crippen molar-refractivity contribution in [3.63, 3.8) is 0 Å². The first-order chi connectivity index (χ1) is 10.6. The molecular formula is C16H14ClN3O2. The van der Waals surface area contributed by atoms with Crippen molar-refractivity contribution in [2.45, 2.75) is 6.42 Å². The summed E-state index contributed by atoms with van der Waals surface area (Å²) in [5.74, 6) is -0.602. The summed E-state index contributed by atoms with van der Waals surface area (Å²) >= 11 is 5.85. The van der Waals surface area contributed by atoms with Crippen LogP contribution in [0.15, 0.2) is 48.8 Å². The van der Waals surface area contributed by atoms with Gasteiger partial charge in [-0.1, -0.05) is 11.6 Å². The zero-order valence-electron chi connectivity index (χ0n) is 11.7. The average molecular weight is 316 g/mol. The first kappa shape index (κ1) is 14.5.